The van der Waals surface area contributed by atoms with E-state index in [1.165, 1.54) is 0 Å². The fourth-order valence-electron chi connectivity index (χ4n) is 3.69. The molecule has 2 aromatic carbocycles. The van der Waals surface area contributed by atoms with Crippen LogP contribution in [0.5, 0.6) is 0 Å². The van der Waals surface area contributed by atoms with Gasteiger partial charge in [0.05, 0.1) is 17.5 Å². The van der Waals surface area contributed by atoms with Crippen molar-refractivity contribution in [2.45, 2.75) is 32.4 Å². The molecule has 1 saturated heterocycles. The van der Waals surface area contributed by atoms with Crippen LogP contribution in [0.3, 0.4) is 0 Å². The number of allylic oxidation sites excluding steroid dienone is 1. The van der Waals surface area contributed by atoms with E-state index in [0.29, 0.717) is 17.6 Å². The molecule has 6 heteroatoms. The molecule has 166 valence electrons. The Morgan fingerprint density at radius 1 is 1.16 bits per heavy atom. The zero-order chi connectivity index (χ0) is 23.1. The van der Waals surface area contributed by atoms with E-state index in [2.05, 4.69) is 6.58 Å². The summed E-state index contributed by atoms with van der Waals surface area (Å²) in [4.78, 5) is 39.9. The van der Waals surface area contributed by atoms with E-state index >= 15 is 0 Å². The number of carbonyl (C=O) groups is 3. The highest BCUT2D eigenvalue weighted by Gasteiger charge is 2.43. The Balaban J connectivity index is 1.85. The van der Waals surface area contributed by atoms with Gasteiger partial charge in [0, 0.05) is 0 Å². The number of hydrogen-bond acceptors (Lipinski definition) is 5. The third kappa shape index (κ3) is 5.32. The molecule has 0 radical (unpaired) electrons. The van der Waals surface area contributed by atoms with Gasteiger partial charge < -0.3 is 9.47 Å². The third-order valence-electron chi connectivity index (χ3n) is 5.25. The maximum Gasteiger partial charge on any atom is 0.417 e. The number of ether oxygens (including phenoxy) is 2. The van der Waals surface area contributed by atoms with Crippen molar-refractivity contribution in [3.63, 3.8) is 0 Å². The lowest BCUT2D eigenvalue weighted by atomic mass is 9.94. The van der Waals surface area contributed by atoms with Crippen molar-refractivity contribution in [2.75, 3.05) is 6.61 Å². The summed E-state index contributed by atoms with van der Waals surface area (Å²) in [5.41, 5.74) is 1.86. The third-order valence-corrected chi connectivity index (χ3v) is 5.25. The van der Waals surface area contributed by atoms with Crippen molar-refractivity contribution < 1.29 is 23.9 Å². The second-order valence-corrected chi connectivity index (χ2v) is 7.72. The molecule has 1 fully saturated rings. The van der Waals surface area contributed by atoms with Crippen LogP contribution < -0.4 is 0 Å². The molecule has 3 atom stereocenters. The summed E-state index contributed by atoms with van der Waals surface area (Å²) in [6.45, 7) is 7.49. The van der Waals surface area contributed by atoms with Gasteiger partial charge >= 0.3 is 12.1 Å². The van der Waals surface area contributed by atoms with Gasteiger partial charge in [-0.25, -0.2) is 14.5 Å². The van der Waals surface area contributed by atoms with Gasteiger partial charge in [-0.3, -0.25) is 4.79 Å². The van der Waals surface area contributed by atoms with Crippen LogP contribution in [-0.2, 0) is 20.7 Å². The van der Waals surface area contributed by atoms with E-state index in [0.717, 1.165) is 10.5 Å². The molecular weight excluding hydrogens is 406 g/mol. The summed E-state index contributed by atoms with van der Waals surface area (Å²) >= 11 is 0. The molecule has 2 amide bonds. The summed E-state index contributed by atoms with van der Waals surface area (Å²) in [6, 6.07) is 17.7. The number of esters is 1. The Morgan fingerprint density at radius 3 is 2.38 bits per heavy atom. The highest BCUT2D eigenvalue weighted by atomic mass is 16.6. The number of hydrogen-bond donors (Lipinski definition) is 0. The van der Waals surface area contributed by atoms with E-state index in [1.54, 1.807) is 56.3 Å². The quantitative estimate of drug-likeness (QED) is 0.450. The monoisotopic (exact) mass is 433 g/mol. The normalized spacial score (nSPS) is 17.6. The number of rotatable bonds is 8. The van der Waals surface area contributed by atoms with Gasteiger partial charge in [-0.15, -0.1) is 0 Å². The molecule has 0 saturated carbocycles. The zero-order valence-electron chi connectivity index (χ0n) is 18.3. The molecule has 0 spiro atoms. The predicted octanol–water partition coefficient (Wildman–Crippen LogP) is 4.57. The molecule has 32 heavy (non-hydrogen) atoms. The Bertz CT molecular complexity index is 999. The molecule has 0 N–H and O–H groups in total. The fraction of sp³-hybridized carbons (Fsp3) is 0.269. The topological polar surface area (TPSA) is 72.9 Å². The molecule has 2 aromatic rings. The van der Waals surface area contributed by atoms with Crippen LogP contribution in [-0.4, -0.2) is 41.6 Å². The van der Waals surface area contributed by atoms with Crippen molar-refractivity contribution >= 4 is 18.0 Å². The van der Waals surface area contributed by atoms with Crippen LogP contribution in [0.2, 0.25) is 0 Å². The second-order valence-electron chi connectivity index (χ2n) is 7.72. The lowest BCUT2D eigenvalue weighted by Gasteiger charge is -2.29. The minimum absolute atomic E-state index is 0.115. The summed E-state index contributed by atoms with van der Waals surface area (Å²) in [7, 11) is 0. The number of amides is 2. The lowest BCUT2D eigenvalue weighted by molar-refractivity contribution is -0.134. The molecule has 1 aliphatic heterocycles. The average Bonchev–Trinajstić information content (AvgIpc) is 3.16. The van der Waals surface area contributed by atoms with Crippen LogP contribution in [0, 0.1) is 5.92 Å². The van der Waals surface area contributed by atoms with E-state index in [-0.39, 0.29) is 6.61 Å². The van der Waals surface area contributed by atoms with Gasteiger partial charge in [-0.05, 0) is 43.5 Å². The Labute approximate surface area is 188 Å². The van der Waals surface area contributed by atoms with Crippen LogP contribution >= 0.6 is 0 Å². The van der Waals surface area contributed by atoms with Gasteiger partial charge in [0.25, 0.3) is 0 Å². The summed E-state index contributed by atoms with van der Waals surface area (Å²) in [6.07, 6.45) is 2.17. The first kappa shape index (κ1) is 23.0. The first-order chi connectivity index (χ1) is 15.4. The van der Waals surface area contributed by atoms with Gasteiger partial charge in [0.2, 0.25) is 5.91 Å². The van der Waals surface area contributed by atoms with Gasteiger partial charge in [0.15, 0.2) is 0 Å². The maximum atomic E-state index is 13.6. The Hall–Kier alpha value is -3.67. The lowest BCUT2D eigenvalue weighted by Crippen LogP contribution is -2.47. The van der Waals surface area contributed by atoms with Crippen molar-refractivity contribution in [3.05, 3.63) is 96.1 Å². The minimum atomic E-state index is -0.933. The molecule has 0 aliphatic carbocycles. The maximum absolute atomic E-state index is 13.6. The van der Waals surface area contributed by atoms with Crippen molar-refractivity contribution in [2.24, 2.45) is 5.92 Å². The molecular formula is C26H27NO5. The zero-order valence-corrected chi connectivity index (χ0v) is 18.3. The smallest absolute Gasteiger partial charge is 0.417 e. The fourth-order valence-corrected chi connectivity index (χ4v) is 3.69. The molecule has 1 aliphatic rings. The molecule has 1 heterocycles. The summed E-state index contributed by atoms with van der Waals surface area (Å²) in [5.74, 6) is -1.96. The molecule has 0 unspecified atom stereocenters. The number of imide groups is 1. The standard InChI is InChI=1S/C26H27NO5/c1-4-11-22(23(18(2)3)32-25(29)20-14-9-6-10-15-20)24(28)27-21(17-31-26(27)30)16-19-12-7-5-8-13-19/h4-15,21-23H,2,16-17H2,1,3H3/b11-4+/t21-,22-,23+/m0/s1. The van der Waals surface area contributed by atoms with Gasteiger partial charge in [0.1, 0.15) is 12.7 Å². The van der Waals surface area contributed by atoms with E-state index < -0.39 is 36.0 Å². The highest BCUT2D eigenvalue weighted by Crippen LogP contribution is 2.26. The molecule has 3 rings (SSSR count). The number of carbonyl (C=O) groups excluding carboxylic acids is 3. The Kier molecular flexibility index (Phi) is 7.60. The van der Waals surface area contributed by atoms with Crippen molar-refractivity contribution in [1.29, 1.82) is 0 Å². The van der Waals surface area contributed by atoms with Gasteiger partial charge in [-0.2, -0.15) is 0 Å². The number of nitrogens with zero attached hydrogens (tertiary/aromatic N) is 1. The van der Waals surface area contributed by atoms with Crippen LogP contribution in [0.15, 0.2) is 85.0 Å². The number of benzene rings is 2. The van der Waals surface area contributed by atoms with Crippen LogP contribution in [0.25, 0.3) is 0 Å². The minimum Gasteiger partial charge on any atom is -0.453 e. The van der Waals surface area contributed by atoms with Crippen molar-refractivity contribution in [3.8, 4) is 0 Å². The van der Waals surface area contributed by atoms with Gasteiger partial charge in [-0.1, -0.05) is 67.3 Å². The average molecular weight is 434 g/mol. The first-order valence-corrected chi connectivity index (χ1v) is 10.5. The largest absolute Gasteiger partial charge is 0.453 e. The summed E-state index contributed by atoms with van der Waals surface area (Å²) in [5, 5.41) is 0. The SMILES string of the molecule is C=C(C)[C@@H](OC(=O)c1ccccc1)[C@H](/C=C/C)C(=O)N1C(=O)OC[C@@H]1Cc1ccccc1. The summed E-state index contributed by atoms with van der Waals surface area (Å²) < 4.78 is 10.9. The van der Waals surface area contributed by atoms with Crippen LogP contribution in [0.4, 0.5) is 4.79 Å². The molecule has 0 aromatic heterocycles. The molecule has 6 nitrogen and oxygen atoms in total. The first-order valence-electron chi connectivity index (χ1n) is 10.5. The van der Waals surface area contributed by atoms with E-state index in [4.69, 9.17) is 9.47 Å². The van der Waals surface area contributed by atoms with E-state index in [1.807, 2.05) is 30.3 Å². The van der Waals surface area contributed by atoms with E-state index in [9.17, 15) is 14.4 Å². The number of cyclic esters (lactones) is 1. The predicted molar refractivity (Wildman–Crippen MR) is 121 cm³/mol. The molecule has 0 bridgehead atoms. The highest BCUT2D eigenvalue weighted by molar-refractivity contribution is 5.96. The van der Waals surface area contributed by atoms with Crippen molar-refractivity contribution in [1.82, 2.24) is 4.90 Å². The van der Waals surface area contributed by atoms with Crippen LogP contribution in [0.1, 0.15) is 29.8 Å². The Morgan fingerprint density at radius 2 is 1.78 bits per heavy atom. The second kappa shape index (κ2) is 10.6.